The summed E-state index contributed by atoms with van der Waals surface area (Å²) in [5.74, 6) is 0.326. The summed E-state index contributed by atoms with van der Waals surface area (Å²) < 4.78 is 1.83. The van der Waals surface area contributed by atoms with Crippen LogP contribution in [0, 0.1) is 0 Å². The van der Waals surface area contributed by atoms with Gasteiger partial charge in [0, 0.05) is 17.9 Å². The molecular formula is C22H23Cl2N5O2S. The van der Waals surface area contributed by atoms with Crippen LogP contribution in [0.4, 0.5) is 11.4 Å². The summed E-state index contributed by atoms with van der Waals surface area (Å²) in [7, 11) is 0. The Kier molecular flexibility index (Phi) is 8.55. The molecule has 1 aromatic heterocycles. The number of benzene rings is 2. The van der Waals surface area contributed by atoms with Crippen molar-refractivity contribution in [3.63, 3.8) is 0 Å². The molecule has 0 fully saturated rings. The minimum absolute atomic E-state index is 0.0394. The van der Waals surface area contributed by atoms with Crippen molar-refractivity contribution in [2.45, 2.75) is 38.4 Å². The molecule has 0 bridgehead atoms. The molecule has 0 aliphatic carbocycles. The van der Waals surface area contributed by atoms with Crippen molar-refractivity contribution in [2.24, 2.45) is 0 Å². The number of nitrogens with one attached hydrogen (secondary N) is 2. The number of hydrogen-bond acceptors (Lipinski definition) is 5. The first-order chi connectivity index (χ1) is 15.4. The van der Waals surface area contributed by atoms with Gasteiger partial charge < -0.3 is 15.2 Å². The predicted molar refractivity (Wildman–Crippen MR) is 130 cm³/mol. The number of amides is 2. The van der Waals surface area contributed by atoms with Crippen LogP contribution in [-0.2, 0) is 29.0 Å². The van der Waals surface area contributed by atoms with Gasteiger partial charge in [-0.2, -0.15) is 0 Å². The topological polar surface area (TPSA) is 88.9 Å². The lowest BCUT2D eigenvalue weighted by atomic mass is 10.1. The van der Waals surface area contributed by atoms with Crippen LogP contribution in [0.5, 0.6) is 0 Å². The number of aromatic nitrogens is 3. The monoisotopic (exact) mass is 491 g/mol. The number of hydrogen-bond donors (Lipinski definition) is 2. The van der Waals surface area contributed by atoms with E-state index in [0.29, 0.717) is 33.3 Å². The van der Waals surface area contributed by atoms with Crippen molar-refractivity contribution in [3.8, 4) is 0 Å². The smallest absolute Gasteiger partial charge is 0.234 e. The zero-order chi connectivity index (χ0) is 23.1. The van der Waals surface area contributed by atoms with Crippen molar-refractivity contribution in [2.75, 3.05) is 16.4 Å². The number of nitrogens with zero attached hydrogens (tertiary/aromatic N) is 3. The van der Waals surface area contributed by atoms with E-state index in [9.17, 15) is 9.59 Å². The molecule has 0 atom stereocenters. The summed E-state index contributed by atoms with van der Waals surface area (Å²) in [4.78, 5) is 24.9. The summed E-state index contributed by atoms with van der Waals surface area (Å²) >= 11 is 13.2. The molecule has 32 heavy (non-hydrogen) atoms. The van der Waals surface area contributed by atoms with Gasteiger partial charge in [-0.05, 0) is 43.2 Å². The Bertz CT molecular complexity index is 1120. The van der Waals surface area contributed by atoms with Crippen LogP contribution >= 0.6 is 35.0 Å². The first kappa shape index (κ1) is 24.1. The maximum absolute atomic E-state index is 12.4. The molecule has 3 aromatic rings. The fraction of sp³-hybridized carbons (Fsp3) is 0.273. The Morgan fingerprint density at radius 1 is 1.00 bits per heavy atom. The first-order valence-electron chi connectivity index (χ1n) is 10.1. The third-order valence-electron chi connectivity index (χ3n) is 4.64. The zero-order valence-corrected chi connectivity index (χ0v) is 20.0. The Labute approximate surface area is 200 Å². The van der Waals surface area contributed by atoms with Gasteiger partial charge in [0.25, 0.3) is 0 Å². The highest BCUT2D eigenvalue weighted by atomic mass is 35.5. The Morgan fingerprint density at radius 2 is 1.78 bits per heavy atom. The Hall–Kier alpha value is -2.55. The molecule has 2 aromatic carbocycles. The maximum Gasteiger partial charge on any atom is 0.234 e. The maximum atomic E-state index is 12.4. The van der Waals surface area contributed by atoms with E-state index in [2.05, 4.69) is 20.8 Å². The number of carbonyl (C=O) groups is 2. The van der Waals surface area contributed by atoms with Gasteiger partial charge in [0.05, 0.1) is 22.2 Å². The zero-order valence-electron chi connectivity index (χ0n) is 17.7. The molecule has 1 heterocycles. The third-order valence-corrected chi connectivity index (χ3v) is 6.34. The number of thioether (sulfide) groups is 1. The normalized spacial score (nSPS) is 10.8. The molecule has 0 saturated heterocycles. The van der Waals surface area contributed by atoms with Gasteiger partial charge in [-0.3, -0.25) is 9.59 Å². The van der Waals surface area contributed by atoms with Crippen LogP contribution in [-0.4, -0.2) is 32.3 Å². The highest BCUT2D eigenvalue weighted by molar-refractivity contribution is 7.99. The molecular weight excluding hydrogens is 469 g/mol. The molecule has 7 nitrogen and oxygen atoms in total. The van der Waals surface area contributed by atoms with Crippen LogP contribution in [0.15, 0.2) is 47.6 Å². The molecule has 3 rings (SSSR count). The molecule has 168 valence electrons. The van der Waals surface area contributed by atoms with Crippen molar-refractivity contribution < 1.29 is 9.59 Å². The molecule has 0 spiro atoms. The van der Waals surface area contributed by atoms with Crippen LogP contribution in [0.25, 0.3) is 0 Å². The summed E-state index contributed by atoms with van der Waals surface area (Å²) in [6.45, 7) is 4.55. The number of carbonyl (C=O) groups excluding carboxylic acids is 2. The van der Waals surface area contributed by atoms with Crippen molar-refractivity contribution in [1.82, 2.24) is 14.8 Å². The second-order valence-corrected chi connectivity index (χ2v) is 8.60. The lowest BCUT2D eigenvalue weighted by Gasteiger charge is -2.10. The number of anilines is 2. The van der Waals surface area contributed by atoms with Crippen LogP contribution in [0.2, 0.25) is 10.0 Å². The van der Waals surface area contributed by atoms with Gasteiger partial charge in [-0.25, -0.2) is 0 Å². The van der Waals surface area contributed by atoms with E-state index in [1.807, 2.05) is 42.7 Å². The highest BCUT2D eigenvalue weighted by Crippen LogP contribution is 2.25. The average Bonchev–Trinajstić information content (AvgIpc) is 3.16. The molecule has 0 unspecified atom stereocenters. The molecule has 2 amide bonds. The quantitative estimate of drug-likeness (QED) is 0.407. The highest BCUT2D eigenvalue weighted by Gasteiger charge is 2.16. The Balaban J connectivity index is 1.59. The molecule has 10 heteroatoms. The van der Waals surface area contributed by atoms with E-state index < -0.39 is 0 Å². The summed E-state index contributed by atoms with van der Waals surface area (Å²) in [5.41, 5.74) is 2.45. The first-order valence-corrected chi connectivity index (χ1v) is 11.8. The predicted octanol–water partition coefficient (Wildman–Crippen LogP) is 5.08. The SMILES string of the molecule is CCc1ccccc1NC(=O)CSc1nnc(CC(=O)Nc2ccc(Cl)c(Cl)c2)n1CC. The lowest BCUT2D eigenvalue weighted by molar-refractivity contribution is -0.116. The second kappa shape index (κ2) is 11.4. The fourth-order valence-electron chi connectivity index (χ4n) is 3.06. The standard InChI is InChI=1S/C22H23Cl2N5O2S/c1-3-14-7-5-6-8-18(14)26-21(31)13-32-22-28-27-19(29(22)4-2)12-20(30)25-15-9-10-16(23)17(24)11-15/h5-11H,3-4,12-13H2,1-2H3,(H,25,30)(H,26,31). The minimum Gasteiger partial charge on any atom is -0.326 e. The van der Waals surface area contributed by atoms with E-state index in [1.54, 1.807) is 18.2 Å². The van der Waals surface area contributed by atoms with Crippen molar-refractivity contribution >= 4 is 58.2 Å². The number of rotatable bonds is 9. The van der Waals surface area contributed by atoms with Crippen molar-refractivity contribution in [3.05, 3.63) is 63.9 Å². The van der Waals surface area contributed by atoms with Gasteiger partial charge in [0.2, 0.25) is 11.8 Å². The summed E-state index contributed by atoms with van der Waals surface area (Å²) in [6.07, 6.45) is 0.874. The third kappa shape index (κ3) is 6.25. The van der Waals surface area contributed by atoms with Gasteiger partial charge in [0.15, 0.2) is 5.16 Å². The fourth-order valence-corrected chi connectivity index (χ4v) is 4.18. The van der Waals surface area contributed by atoms with Crippen LogP contribution in [0.1, 0.15) is 25.2 Å². The average molecular weight is 492 g/mol. The molecule has 0 aliphatic rings. The number of aryl methyl sites for hydroxylation is 1. The number of halogens is 2. The summed E-state index contributed by atoms with van der Waals surface area (Å²) in [5, 5.41) is 15.4. The molecule has 2 N–H and O–H groups in total. The van der Waals surface area contributed by atoms with Crippen LogP contribution < -0.4 is 10.6 Å². The van der Waals surface area contributed by atoms with Crippen LogP contribution in [0.3, 0.4) is 0 Å². The Morgan fingerprint density at radius 3 is 2.50 bits per heavy atom. The van der Waals surface area contributed by atoms with E-state index in [4.69, 9.17) is 23.2 Å². The van der Waals surface area contributed by atoms with E-state index in [1.165, 1.54) is 11.8 Å². The lowest BCUT2D eigenvalue weighted by Crippen LogP contribution is -2.18. The van der Waals surface area contributed by atoms with E-state index in [0.717, 1.165) is 17.7 Å². The minimum atomic E-state index is -0.254. The van der Waals surface area contributed by atoms with Crippen molar-refractivity contribution in [1.29, 1.82) is 0 Å². The van der Waals surface area contributed by atoms with Gasteiger partial charge >= 0.3 is 0 Å². The van der Waals surface area contributed by atoms with Gasteiger partial charge in [-0.15, -0.1) is 10.2 Å². The number of para-hydroxylation sites is 1. The van der Waals surface area contributed by atoms with E-state index >= 15 is 0 Å². The molecule has 0 saturated carbocycles. The summed E-state index contributed by atoms with van der Waals surface area (Å²) in [6, 6.07) is 12.6. The second-order valence-electron chi connectivity index (χ2n) is 6.84. The van der Waals surface area contributed by atoms with Gasteiger partial charge in [0.1, 0.15) is 5.82 Å². The molecule has 0 aliphatic heterocycles. The van der Waals surface area contributed by atoms with E-state index in [-0.39, 0.29) is 24.0 Å². The largest absolute Gasteiger partial charge is 0.326 e. The van der Waals surface area contributed by atoms with Gasteiger partial charge in [-0.1, -0.05) is 60.1 Å². The molecule has 0 radical (unpaired) electrons.